The van der Waals surface area contributed by atoms with Crippen molar-refractivity contribution >= 4 is 46.4 Å². The van der Waals surface area contributed by atoms with Gasteiger partial charge < -0.3 is 4.90 Å². The number of allylic oxidation sites excluding steroid dienone is 2. The molecule has 1 aliphatic heterocycles. The summed E-state index contributed by atoms with van der Waals surface area (Å²) in [6.07, 6.45) is 5.42. The minimum atomic E-state index is 0.0631. The fourth-order valence-corrected chi connectivity index (χ4v) is 3.89. The minimum absolute atomic E-state index is 0.0631. The quantitative estimate of drug-likeness (QED) is 0.492. The maximum absolute atomic E-state index is 12.3. The molecule has 1 amide bonds. The summed E-state index contributed by atoms with van der Waals surface area (Å²) in [4.78, 5) is 14.2. The van der Waals surface area contributed by atoms with Crippen LogP contribution in [0.2, 0.25) is 10.0 Å². The first kappa shape index (κ1) is 19.1. The summed E-state index contributed by atoms with van der Waals surface area (Å²) >= 11 is 13.9. The van der Waals surface area contributed by atoms with E-state index in [0.717, 1.165) is 41.3 Å². The van der Waals surface area contributed by atoms with Crippen LogP contribution in [0.1, 0.15) is 11.1 Å². The number of thioether (sulfide) groups is 1. The molecule has 5 heteroatoms. The van der Waals surface area contributed by atoms with Gasteiger partial charge >= 0.3 is 0 Å². The zero-order valence-corrected chi connectivity index (χ0v) is 16.5. The van der Waals surface area contributed by atoms with Crippen molar-refractivity contribution in [3.63, 3.8) is 0 Å². The molecule has 0 unspecified atom stereocenters. The molecule has 2 aromatic carbocycles. The lowest BCUT2D eigenvalue weighted by Gasteiger charge is -2.24. The van der Waals surface area contributed by atoms with E-state index in [-0.39, 0.29) is 5.91 Å². The predicted octanol–water partition coefficient (Wildman–Crippen LogP) is 5.56. The average molecular weight is 404 g/mol. The molecule has 0 radical (unpaired) electrons. The van der Waals surface area contributed by atoms with Crippen LogP contribution in [0.15, 0.2) is 66.8 Å². The van der Waals surface area contributed by atoms with Gasteiger partial charge in [0.25, 0.3) is 0 Å². The molecule has 0 atom stereocenters. The van der Waals surface area contributed by atoms with E-state index >= 15 is 0 Å². The lowest BCUT2D eigenvalue weighted by molar-refractivity contribution is -0.125. The topological polar surface area (TPSA) is 20.3 Å². The molecule has 0 aromatic heterocycles. The highest BCUT2D eigenvalue weighted by Gasteiger charge is 2.13. The average Bonchev–Trinajstić information content (AvgIpc) is 2.68. The number of nitrogens with zero attached hydrogens (tertiary/aromatic N) is 1. The van der Waals surface area contributed by atoms with Crippen LogP contribution in [0.3, 0.4) is 0 Å². The van der Waals surface area contributed by atoms with Gasteiger partial charge in [-0.05, 0) is 41.0 Å². The fraction of sp³-hybridized carbons (Fsp3) is 0.190. The Bertz CT molecular complexity index is 759. The lowest BCUT2D eigenvalue weighted by atomic mass is 9.97. The maximum Gasteiger partial charge on any atom is 0.246 e. The third-order valence-corrected chi connectivity index (χ3v) is 5.58. The molecule has 2 aromatic rings. The second kappa shape index (κ2) is 9.31. The largest absolute Gasteiger partial charge is 0.338 e. The Morgan fingerprint density at radius 3 is 1.88 bits per heavy atom. The number of halogens is 2. The van der Waals surface area contributed by atoms with Crippen LogP contribution >= 0.6 is 35.0 Å². The molecule has 1 fully saturated rings. The Morgan fingerprint density at radius 1 is 0.885 bits per heavy atom. The number of benzene rings is 2. The van der Waals surface area contributed by atoms with E-state index in [9.17, 15) is 4.79 Å². The molecular weight excluding hydrogens is 385 g/mol. The first-order valence-electron chi connectivity index (χ1n) is 8.40. The van der Waals surface area contributed by atoms with Crippen molar-refractivity contribution in [2.45, 2.75) is 0 Å². The normalized spacial score (nSPS) is 14.5. The van der Waals surface area contributed by atoms with E-state index in [4.69, 9.17) is 23.2 Å². The number of carbonyl (C=O) groups is 1. The van der Waals surface area contributed by atoms with Crippen LogP contribution in [0.5, 0.6) is 0 Å². The highest BCUT2D eigenvalue weighted by atomic mass is 35.5. The molecule has 0 N–H and O–H groups in total. The van der Waals surface area contributed by atoms with Gasteiger partial charge in [-0.15, -0.1) is 0 Å². The van der Waals surface area contributed by atoms with Gasteiger partial charge in [0, 0.05) is 40.7 Å². The molecule has 0 aliphatic carbocycles. The molecule has 1 heterocycles. The summed E-state index contributed by atoms with van der Waals surface area (Å²) in [5.41, 5.74) is 3.07. The first-order valence-corrected chi connectivity index (χ1v) is 10.3. The highest BCUT2D eigenvalue weighted by Crippen LogP contribution is 2.26. The third-order valence-electron chi connectivity index (χ3n) is 4.13. The zero-order valence-electron chi connectivity index (χ0n) is 14.2. The Kier molecular flexibility index (Phi) is 6.84. The molecule has 1 saturated heterocycles. The number of rotatable bonds is 4. The van der Waals surface area contributed by atoms with E-state index in [1.165, 1.54) is 0 Å². The van der Waals surface area contributed by atoms with Crippen LogP contribution in [-0.4, -0.2) is 35.4 Å². The van der Waals surface area contributed by atoms with Crippen molar-refractivity contribution in [1.29, 1.82) is 0 Å². The van der Waals surface area contributed by atoms with Crippen LogP contribution in [0, 0.1) is 0 Å². The van der Waals surface area contributed by atoms with E-state index in [1.807, 2.05) is 77.3 Å². The SMILES string of the molecule is O=C(/C=C/C=C(c1ccc(Cl)cc1)c1ccc(Cl)cc1)N1CCSCC1. The van der Waals surface area contributed by atoms with E-state index in [0.29, 0.717) is 10.0 Å². The zero-order chi connectivity index (χ0) is 18.4. The minimum Gasteiger partial charge on any atom is -0.338 e. The Balaban J connectivity index is 1.85. The van der Waals surface area contributed by atoms with Gasteiger partial charge in [-0.1, -0.05) is 59.6 Å². The van der Waals surface area contributed by atoms with Crippen LogP contribution in [0.4, 0.5) is 0 Å². The van der Waals surface area contributed by atoms with Crippen LogP contribution in [0.25, 0.3) is 5.57 Å². The summed E-state index contributed by atoms with van der Waals surface area (Å²) in [6, 6.07) is 15.3. The second-order valence-electron chi connectivity index (χ2n) is 5.89. The summed E-state index contributed by atoms with van der Waals surface area (Å²) in [6.45, 7) is 1.64. The van der Waals surface area contributed by atoms with Crippen molar-refractivity contribution in [2.75, 3.05) is 24.6 Å². The third kappa shape index (κ3) is 5.16. The van der Waals surface area contributed by atoms with Gasteiger partial charge in [-0.25, -0.2) is 0 Å². The summed E-state index contributed by atoms with van der Waals surface area (Å²) in [5, 5.41) is 1.38. The molecular formula is C21H19Cl2NOS. The molecule has 26 heavy (non-hydrogen) atoms. The Hall–Kier alpha value is -1.68. The predicted molar refractivity (Wildman–Crippen MR) is 113 cm³/mol. The van der Waals surface area contributed by atoms with E-state index in [2.05, 4.69) is 0 Å². The fourth-order valence-electron chi connectivity index (χ4n) is 2.73. The summed E-state index contributed by atoms with van der Waals surface area (Å²) in [5.74, 6) is 2.08. The molecule has 0 spiro atoms. The van der Waals surface area contributed by atoms with Crippen molar-refractivity contribution in [3.05, 3.63) is 87.9 Å². The van der Waals surface area contributed by atoms with Gasteiger partial charge in [0.15, 0.2) is 0 Å². The standard InChI is InChI=1S/C21H19Cl2NOS/c22-18-8-4-16(5-9-18)20(17-6-10-19(23)11-7-17)2-1-3-21(25)24-12-14-26-15-13-24/h1-11H,12-15H2/b3-1+. The Labute approximate surface area is 168 Å². The number of hydrogen-bond acceptors (Lipinski definition) is 2. The van der Waals surface area contributed by atoms with Crippen molar-refractivity contribution < 1.29 is 4.79 Å². The Morgan fingerprint density at radius 2 is 1.38 bits per heavy atom. The van der Waals surface area contributed by atoms with Crippen molar-refractivity contribution in [2.24, 2.45) is 0 Å². The highest BCUT2D eigenvalue weighted by molar-refractivity contribution is 7.99. The number of amides is 1. The van der Waals surface area contributed by atoms with E-state index < -0.39 is 0 Å². The molecule has 0 saturated carbocycles. The molecule has 1 aliphatic rings. The van der Waals surface area contributed by atoms with Gasteiger partial charge in [0.05, 0.1) is 0 Å². The molecule has 2 nitrogen and oxygen atoms in total. The smallest absolute Gasteiger partial charge is 0.246 e. The molecule has 134 valence electrons. The number of carbonyl (C=O) groups excluding carboxylic acids is 1. The first-order chi connectivity index (χ1) is 12.6. The number of hydrogen-bond donors (Lipinski definition) is 0. The monoisotopic (exact) mass is 403 g/mol. The molecule has 3 rings (SSSR count). The van der Waals surface area contributed by atoms with Crippen molar-refractivity contribution in [1.82, 2.24) is 4.90 Å². The van der Waals surface area contributed by atoms with Gasteiger partial charge in [-0.3, -0.25) is 4.79 Å². The molecule has 0 bridgehead atoms. The van der Waals surface area contributed by atoms with Crippen molar-refractivity contribution in [3.8, 4) is 0 Å². The maximum atomic E-state index is 12.3. The second-order valence-corrected chi connectivity index (χ2v) is 7.99. The summed E-state index contributed by atoms with van der Waals surface area (Å²) in [7, 11) is 0. The van der Waals surface area contributed by atoms with Crippen LogP contribution in [-0.2, 0) is 4.79 Å². The summed E-state index contributed by atoms with van der Waals surface area (Å²) < 4.78 is 0. The van der Waals surface area contributed by atoms with Gasteiger partial charge in [0.1, 0.15) is 0 Å². The van der Waals surface area contributed by atoms with E-state index in [1.54, 1.807) is 6.08 Å². The van der Waals surface area contributed by atoms with Gasteiger partial charge in [-0.2, -0.15) is 11.8 Å². The lowest BCUT2D eigenvalue weighted by Crippen LogP contribution is -2.36. The van der Waals surface area contributed by atoms with Gasteiger partial charge in [0.2, 0.25) is 5.91 Å². The van der Waals surface area contributed by atoms with Crippen LogP contribution < -0.4 is 0 Å².